The summed E-state index contributed by atoms with van der Waals surface area (Å²) in [5.74, 6) is 0.671. The number of rotatable bonds is 2. The summed E-state index contributed by atoms with van der Waals surface area (Å²) >= 11 is 2.37. The van der Waals surface area contributed by atoms with Crippen molar-refractivity contribution in [3.8, 4) is 0 Å². The number of halogens is 1. The lowest BCUT2D eigenvalue weighted by atomic mass is 9.82. The van der Waals surface area contributed by atoms with Crippen LogP contribution in [0.25, 0.3) is 0 Å². The van der Waals surface area contributed by atoms with Crippen molar-refractivity contribution in [3.63, 3.8) is 0 Å². The van der Waals surface area contributed by atoms with E-state index in [9.17, 15) is 0 Å². The predicted octanol–water partition coefficient (Wildman–Crippen LogP) is 3.31. The Balaban J connectivity index is 2.94. The van der Waals surface area contributed by atoms with Crippen LogP contribution < -0.4 is 0 Å². The van der Waals surface area contributed by atoms with Gasteiger partial charge in [-0.15, -0.1) is 0 Å². The molecule has 0 aliphatic carbocycles. The number of hydrogen-bond acceptors (Lipinski definition) is 2. The molecule has 0 aromatic heterocycles. The van der Waals surface area contributed by atoms with Crippen LogP contribution in [0.2, 0.25) is 0 Å². The normalized spacial score (nSPS) is 29.9. The maximum atomic E-state index is 4.54. The molecule has 1 rings (SSSR count). The summed E-state index contributed by atoms with van der Waals surface area (Å²) in [5.41, 5.74) is 0.284. The van der Waals surface area contributed by atoms with Crippen LogP contribution in [0.3, 0.4) is 0 Å². The Morgan fingerprint density at radius 1 is 1.36 bits per heavy atom. The zero-order chi connectivity index (χ0) is 10.9. The second-order valence-electron chi connectivity index (χ2n) is 4.93. The molecule has 0 aromatic rings. The zero-order valence-electron chi connectivity index (χ0n) is 9.84. The van der Waals surface area contributed by atoms with Gasteiger partial charge in [-0.2, -0.15) is 0 Å². The van der Waals surface area contributed by atoms with Gasteiger partial charge >= 0.3 is 0 Å². The van der Waals surface area contributed by atoms with Gasteiger partial charge in [-0.3, -0.25) is 9.89 Å². The van der Waals surface area contributed by atoms with Crippen molar-refractivity contribution in [1.82, 2.24) is 4.90 Å². The zero-order valence-corrected chi connectivity index (χ0v) is 12.0. The van der Waals surface area contributed by atoms with Crippen LogP contribution in [0.5, 0.6) is 0 Å². The molecule has 2 nitrogen and oxygen atoms in total. The first-order chi connectivity index (χ1) is 6.38. The van der Waals surface area contributed by atoms with E-state index in [-0.39, 0.29) is 5.54 Å². The first-order valence-electron chi connectivity index (χ1n) is 5.33. The Kier molecular flexibility index (Phi) is 3.97. The van der Waals surface area contributed by atoms with Gasteiger partial charge in [0.25, 0.3) is 0 Å². The molecule has 14 heavy (non-hydrogen) atoms. The van der Waals surface area contributed by atoms with Gasteiger partial charge in [-0.05, 0) is 49.3 Å². The van der Waals surface area contributed by atoms with Crippen molar-refractivity contribution in [2.45, 2.75) is 52.6 Å². The van der Waals surface area contributed by atoms with Gasteiger partial charge in [-0.1, -0.05) is 13.8 Å². The summed E-state index contributed by atoms with van der Waals surface area (Å²) in [7, 11) is 0. The molecular formula is C11H21IN2. The number of hydrogen-bond donors (Lipinski definition) is 0. The Labute approximate surface area is 101 Å². The molecule has 0 N–H and O–H groups in total. The van der Waals surface area contributed by atoms with Crippen molar-refractivity contribution < 1.29 is 0 Å². The lowest BCUT2D eigenvalue weighted by Crippen LogP contribution is -2.56. The van der Waals surface area contributed by atoms with Crippen LogP contribution >= 0.6 is 22.6 Å². The third kappa shape index (κ3) is 2.30. The molecule has 0 unspecified atom stereocenters. The van der Waals surface area contributed by atoms with Crippen molar-refractivity contribution in [2.24, 2.45) is 10.9 Å². The van der Waals surface area contributed by atoms with Gasteiger partial charge in [0.15, 0.2) is 0 Å². The van der Waals surface area contributed by atoms with E-state index in [1.807, 2.05) is 0 Å². The molecule has 1 aliphatic rings. The molecule has 0 saturated carbocycles. The quantitative estimate of drug-likeness (QED) is 0.715. The predicted molar refractivity (Wildman–Crippen MR) is 71.2 cm³/mol. The molecule has 0 saturated heterocycles. The molecule has 0 amide bonds. The maximum Gasteiger partial charge on any atom is 0.0925 e. The average molecular weight is 308 g/mol. The van der Waals surface area contributed by atoms with Crippen LogP contribution in [0, 0.1) is 5.92 Å². The van der Waals surface area contributed by atoms with Crippen molar-refractivity contribution in [2.75, 3.05) is 6.67 Å². The van der Waals surface area contributed by atoms with Gasteiger partial charge in [0, 0.05) is 18.0 Å². The SMILES string of the molecule is CC(C)N1CN=C(I)C[C@]1(C)C(C)C. The van der Waals surface area contributed by atoms with Gasteiger partial charge < -0.3 is 0 Å². The van der Waals surface area contributed by atoms with Gasteiger partial charge in [0.2, 0.25) is 0 Å². The van der Waals surface area contributed by atoms with E-state index in [0.29, 0.717) is 12.0 Å². The van der Waals surface area contributed by atoms with Crippen LogP contribution in [0.15, 0.2) is 4.99 Å². The summed E-state index contributed by atoms with van der Waals surface area (Å²) in [6.07, 6.45) is 1.10. The van der Waals surface area contributed by atoms with Gasteiger partial charge in [-0.25, -0.2) is 0 Å². The molecule has 0 fully saturated rings. The molecule has 0 spiro atoms. The minimum atomic E-state index is 0.284. The van der Waals surface area contributed by atoms with E-state index in [0.717, 1.165) is 13.1 Å². The van der Waals surface area contributed by atoms with E-state index >= 15 is 0 Å². The second kappa shape index (κ2) is 4.47. The Morgan fingerprint density at radius 3 is 2.36 bits per heavy atom. The first-order valence-corrected chi connectivity index (χ1v) is 6.41. The topological polar surface area (TPSA) is 15.6 Å². The Bertz CT molecular complexity index is 235. The van der Waals surface area contributed by atoms with E-state index in [2.05, 4.69) is 67.1 Å². The molecule has 0 aromatic carbocycles. The molecule has 3 heteroatoms. The largest absolute Gasteiger partial charge is 0.276 e. The summed E-state index contributed by atoms with van der Waals surface area (Å²) in [6, 6.07) is 0.579. The van der Waals surface area contributed by atoms with Crippen LogP contribution in [0.4, 0.5) is 0 Å². The minimum absolute atomic E-state index is 0.284. The minimum Gasteiger partial charge on any atom is -0.276 e. The average Bonchev–Trinajstić information content (AvgIpc) is 2.02. The second-order valence-corrected chi connectivity index (χ2v) is 6.17. The van der Waals surface area contributed by atoms with Crippen LogP contribution in [-0.2, 0) is 0 Å². The molecule has 0 bridgehead atoms. The van der Waals surface area contributed by atoms with E-state index < -0.39 is 0 Å². The smallest absolute Gasteiger partial charge is 0.0925 e. The molecular weight excluding hydrogens is 287 g/mol. The molecule has 82 valence electrons. The van der Waals surface area contributed by atoms with Gasteiger partial charge in [0.1, 0.15) is 0 Å². The Hall–Kier alpha value is 0.360. The highest BCUT2D eigenvalue weighted by atomic mass is 127. The standard InChI is InChI=1S/C11H21IN2/c1-8(2)11(5)6-10(12)13-7-14(11)9(3)4/h8-9H,6-7H2,1-5H3/t11-/m1/s1. The lowest BCUT2D eigenvalue weighted by Gasteiger charge is -2.48. The Morgan fingerprint density at radius 2 is 1.93 bits per heavy atom. The van der Waals surface area contributed by atoms with Crippen LogP contribution in [0.1, 0.15) is 41.0 Å². The number of nitrogens with zero attached hydrogens (tertiary/aromatic N) is 2. The highest BCUT2D eigenvalue weighted by Crippen LogP contribution is 2.34. The van der Waals surface area contributed by atoms with E-state index in [1.54, 1.807) is 0 Å². The fourth-order valence-electron chi connectivity index (χ4n) is 2.06. The first kappa shape index (κ1) is 12.4. The summed E-state index contributed by atoms with van der Waals surface area (Å²) in [4.78, 5) is 7.05. The fraction of sp³-hybridized carbons (Fsp3) is 0.909. The van der Waals surface area contributed by atoms with Crippen molar-refractivity contribution in [1.29, 1.82) is 0 Å². The van der Waals surface area contributed by atoms with Crippen molar-refractivity contribution >= 4 is 26.3 Å². The van der Waals surface area contributed by atoms with E-state index in [4.69, 9.17) is 0 Å². The highest BCUT2D eigenvalue weighted by molar-refractivity contribution is 14.1. The molecule has 1 aliphatic heterocycles. The third-order valence-electron chi connectivity index (χ3n) is 3.42. The molecule has 1 atom stereocenters. The molecule has 0 radical (unpaired) electrons. The summed E-state index contributed by atoms with van der Waals surface area (Å²) in [5, 5.41) is 0. The van der Waals surface area contributed by atoms with Crippen LogP contribution in [-0.4, -0.2) is 26.9 Å². The van der Waals surface area contributed by atoms with Crippen molar-refractivity contribution in [3.05, 3.63) is 0 Å². The summed E-state index contributed by atoms with van der Waals surface area (Å²) < 4.78 is 1.27. The monoisotopic (exact) mass is 308 g/mol. The maximum absolute atomic E-state index is 4.54. The lowest BCUT2D eigenvalue weighted by molar-refractivity contribution is 0.0341. The third-order valence-corrected chi connectivity index (χ3v) is 4.14. The fourth-order valence-corrected chi connectivity index (χ4v) is 2.98. The number of aliphatic imine (C=N–C) groups is 1. The summed E-state index contributed by atoms with van der Waals surface area (Å²) in [6.45, 7) is 12.4. The molecule has 1 heterocycles. The highest BCUT2D eigenvalue weighted by Gasteiger charge is 2.39. The van der Waals surface area contributed by atoms with Gasteiger partial charge in [0.05, 0.1) is 10.4 Å². The van der Waals surface area contributed by atoms with E-state index in [1.165, 1.54) is 3.72 Å².